The minimum absolute atomic E-state index is 0.0248. The number of nitrogens with two attached hydrogens (primary N) is 1. The molecule has 0 spiro atoms. The summed E-state index contributed by atoms with van der Waals surface area (Å²) in [5.74, 6) is -0.263. The van der Waals surface area contributed by atoms with Crippen molar-refractivity contribution in [2.75, 3.05) is 19.7 Å². The first-order chi connectivity index (χ1) is 12.1. The Kier molecular flexibility index (Phi) is 6.04. The smallest absolute Gasteiger partial charge is 0.249 e. The summed E-state index contributed by atoms with van der Waals surface area (Å²) in [5.41, 5.74) is 7.72. The first-order valence-corrected chi connectivity index (χ1v) is 9.10. The molecule has 136 valence electrons. The largest absolute Gasteiger partial charge is 0.369 e. The maximum Gasteiger partial charge on any atom is 0.249 e. The monoisotopic (exact) mass is 345 g/mol. The number of nitrogens with zero attached hydrogens (tertiary/aromatic N) is 1. The van der Waals surface area contributed by atoms with E-state index < -0.39 is 0 Å². The summed E-state index contributed by atoms with van der Waals surface area (Å²) in [4.78, 5) is 25.7. The zero-order valence-electron chi connectivity index (χ0n) is 14.6. The van der Waals surface area contributed by atoms with E-state index >= 15 is 0 Å². The van der Waals surface area contributed by atoms with E-state index in [0.29, 0.717) is 13.2 Å². The number of hydrogen-bond acceptors (Lipinski definition) is 4. The second kappa shape index (κ2) is 8.45. The summed E-state index contributed by atoms with van der Waals surface area (Å²) in [6.45, 7) is 3.71. The maximum atomic E-state index is 12.0. The van der Waals surface area contributed by atoms with Crippen LogP contribution in [0, 0.1) is 5.92 Å². The molecule has 1 aromatic carbocycles. The van der Waals surface area contributed by atoms with Gasteiger partial charge in [-0.05, 0) is 43.4 Å². The van der Waals surface area contributed by atoms with Gasteiger partial charge in [-0.3, -0.25) is 14.5 Å². The number of piperidine rings is 1. The molecule has 1 aromatic rings. The van der Waals surface area contributed by atoms with Crippen LogP contribution in [-0.4, -0.2) is 42.5 Å². The maximum absolute atomic E-state index is 12.0. The summed E-state index contributed by atoms with van der Waals surface area (Å²) in [6.07, 6.45) is 3.37. The zero-order chi connectivity index (χ0) is 17.6. The van der Waals surface area contributed by atoms with Crippen molar-refractivity contribution in [3.63, 3.8) is 0 Å². The number of rotatable bonds is 6. The number of benzene rings is 1. The van der Waals surface area contributed by atoms with E-state index in [1.165, 1.54) is 5.56 Å². The van der Waals surface area contributed by atoms with Crippen LogP contribution in [0.25, 0.3) is 0 Å². The van der Waals surface area contributed by atoms with Gasteiger partial charge in [-0.25, -0.2) is 0 Å². The molecule has 2 amide bonds. The van der Waals surface area contributed by atoms with Crippen molar-refractivity contribution < 1.29 is 14.3 Å². The van der Waals surface area contributed by atoms with Crippen LogP contribution in [0.2, 0.25) is 0 Å². The minimum atomic E-state index is -0.290. The lowest BCUT2D eigenvalue weighted by molar-refractivity contribution is -0.130. The normalized spacial score (nSPS) is 24.2. The fraction of sp³-hybridized carbons (Fsp3) is 0.579. The summed E-state index contributed by atoms with van der Waals surface area (Å²) >= 11 is 0. The number of ether oxygens (including phenoxy) is 1. The van der Waals surface area contributed by atoms with Crippen molar-refractivity contribution in [1.82, 2.24) is 10.2 Å². The van der Waals surface area contributed by atoms with Crippen LogP contribution in [0.4, 0.5) is 0 Å². The average Bonchev–Trinajstić information content (AvgIpc) is 3.15. The molecule has 6 nitrogen and oxygen atoms in total. The molecular formula is C19H27N3O3. The van der Waals surface area contributed by atoms with Crippen LogP contribution in [0.15, 0.2) is 24.3 Å². The predicted octanol–water partition coefficient (Wildman–Crippen LogP) is 1.18. The van der Waals surface area contributed by atoms with Crippen LogP contribution in [0.5, 0.6) is 0 Å². The van der Waals surface area contributed by atoms with Gasteiger partial charge in [0, 0.05) is 26.2 Å². The Labute approximate surface area is 148 Å². The van der Waals surface area contributed by atoms with E-state index in [1.54, 1.807) is 0 Å². The number of likely N-dealkylation sites (tertiary alicyclic amines) is 1. The van der Waals surface area contributed by atoms with Crippen LogP contribution in [-0.2, 0) is 27.4 Å². The Morgan fingerprint density at radius 3 is 2.84 bits per heavy atom. The zero-order valence-corrected chi connectivity index (χ0v) is 14.6. The lowest BCUT2D eigenvalue weighted by atomic mass is 9.97. The molecule has 3 rings (SSSR count). The highest BCUT2D eigenvalue weighted by molar-refractivity contribution is 5.80. The van der Waals surface area contributed by atoms with Gasteiger partial charge < -0.3 is 15.8 Å². The fourth-order valence-electron chi connectivity index (χ4n) is 3.61. The van der Waals surface area contributed by atoms with E-state index in [2.05, 4.69) is 22.3 Å². The van der Waals surface area contributed by atoms with Gasteiger partial charge in [-0.15, -0.1) is 0 Å². The van der Waals surface area contributed by atoms with Crippen LogP contribution in [0.3, 0.4) is 0 Å². The Morgan fingerprint density at radius 1 is 1.24 bits per heavy atom. The van der Waals surface area contributed by atoms with E-state index in [9.17, 15) is 9.59 Å². The second-order valence-corrected chi connectivity index (χ2v) is 7.02. The van der Waals surface area contributed by atoms with Crippen LogP contribution < -0.4 is 11.1 Å². The van der Waals surface area contributed by atoms with Crippen molar-refractivity contribution in [2.45, 2.75) is 44.9 Å². The molecule has 2 fully saturated rings. The van der Waals surface area contributed by atoms with Gasteiger partial charge in [-0.1, -0.05) is 24.3 Å². The number of primary amides is 1. The lowest BCUT2D eigenvalue weighted by Gasteiger charge is -2.31. The van der Waals surface area contributed by atoms with Gasteiger partial charge in [0.1, 0.15) is 6.10 Å². The molecule has 0 saturated carbocycles. The van der Waals surface area contributed by atoms with E-state index in [1.807, 2.05) is 12.1 Å². The van der Waals surface area contributed by atoms with E-state index in [-0.39, 0.29) is 23.8 Å². The van der Waals surface area contributed by atoms with Gasteiger partial charge >= 0.3 is 0 Å². The summed E-state index contributed by atoms with van der Waals surface area (Å²) < 4.78 is 5.40. The molecule has 3 N–H and O–H groups in total. The van der Waals surface area contributed by atoms with E-state index in [0.717, 1.165) is 50.9 Å². The Hall–Kier alpha value is -1.92. The molecule has 2 heterocycles. The quantitative estimate of drug-likeness (QED) is 0.811. The highest BCUT2D eigenvalue weighted by atomic mass is 16.5. The van der Waals surface area contributed by atoms with Crippen molar-refractivity contribution in [1.29, 1.82) is 0 Å². The first kappa shape index (κ1) is 17.9. The van der Waals surface area contributed by atoms with Crippen LogP contribution >= 0.6 is 0 Å². The fourth-order valence-corrected chi connectivity index (χ4v) is 3.61. The Morgan fingerprint density at radius 2 is 2.08 bits per heavy atom. The molecule has 2 atom stereocenters. The molecule has 0 aromatic heterocycles. The average molecular weight is 345 g/mol. The second-order valence-electron chi connectivity index (χ2n) is 7.02. The summed E-state index contributed by atoms with van der Waals surface area (Å²) in [7, 11) is 0. The standard InChI is InChI=1S/C19H27N3O3/c20-18(23)16-6-2-8-22(13-16)12-15-5-1-4-14(10-15)11-21-19(24)17-7-3-9-25-17/h1,4-5,10,16-17H,2-3,6-9,11-13H2,(H2,20,23)(H,21,24). The SMILES string of the molecule is NC(=O)C1CCCN(Cc2cccc(CNC(=O)C3CCCO3)c2)C1. The number of carbonyl (C=O) groups is 2. The number of amides is 2. The highest BCUT2D eigenvalue weighted by Crippen LogP contribution is 2.19. The third-order valence-corrected chi connectivity index (χ3v) is 4.99. The molecule has 2 saturated heterocycles. The minimum Gasteiger partial charge on any atom is -0.369 e. The van der Waals surface area contributed by atoms with Gasteiger partial charge in [0.15, 0.2) is 0 Å². The predicted molar refractivity (Wildman–Crippen MR) is 94.5 cm³/mol. The topological polar surface area (TPSA) is 84.7 Å². The highest BCUT2D eigenvalue weighted by Gasteiger charge is 2.24. The van der Waals surface area contributed by atoms with Crippen molar-refractivity contribution in [3.8, 4) is 0 Å². The molecule has 0 aliphatic carbocycles. The summed E-state index contributed by atoms with van der Waals surface area (Å²) in [6, 6.07) is 8.23. The van der Waals surface area contributed by atoms with Crippen molar-refractivity contribution in [3.05, 3.63) is 35.4 Å². The molecule has 0 bridgehead atoms. The van der Waals surface area contributed by atoms with Crippen molar-refractivity contribution in [2.24, 2.45) is 11.7 Å². The van der Waals surface area contributed by atoms with Crippen molar-refractivity contribution >= 4 is 11.8 Å². The van der Waals surface area contributed by atoms with Gasteiger partial charge in [0.05, 0.1) is 5.92 Å². The molecule has 2 aliphatic heterocycles. The van der Waals surface area contributed by atoms with Gasteiger partial charge in [-0.2, -0.15) is 0 Å². The van der Waals surface area contributed by atoms with Crippen LogP contribution in [0.1, 0.15) is 36.8 Å². The molecule has 2 unspecified atom stereocenters. The Balaban J connectivity index is 1.52. The third-order valence-electron chi connectivity index (χ3n) is 4.99. The molecule has 6 heteroatoms. The number of nitrogens with one attached hydrogen (secondary N) is 1. The lowest BCUT2D eigenvalue weighted by Crippen LogP contribution is -2.40. The van der Waals surface area contributed by atoms with Gasteiger partial charge in [0.2, 0.25) is 11.8 Å². The van der Waals surface area contributed by atoms with Gasteiger partial charge in [0.25, 0.3) is 0 Å². The molecule has 2 aliphatic rings. The number of hydrogen-bond donors (Lipinski definition) is 2. The number of carbonyl (C=O) groups excluding carboxylic acids is 2. The molecule has 0 radical (unpaired) electrons. The third kappa shape index (κ3) is 5.03. The molecule has 25 heavy (non-hydrogen) atoms. The summed E-state index contributed by atoms with van der Waals surface area (Å²) in [5, 5.41) is 2.96. The van der Waals surface area contributed by atoms with E-state index in [4.69, 9.17) is 10.5 Å². The Bertz CT molecular complexity index is 614. The molecular weight excluding hydrogens is 318 g/mol. The first-order valence-electron chi connectivity index (χ1n) is 9.10.